The van der Waals surface area contributed by atoms with Crippen LogP contribution < -0.4 is 25.0 Å². The number of ether oxygens (including phenoxy) is 5. The Morgan fingerprint density at radius 1 is 0.655 bits per heavy atom. The molecule has 5 amide bonds. The number of carbonyl (C=O) groups excluding carboxylic acids is 5. The van der Waals surface area contributed by atoms with Crippen LogP contribution in [0.3, 0.4) is 0 Å². The molecule has 3 aliphatic rings. The quantitative estimate of drug-likeness (QED) is 0.195. The zero-order chi connectivity index (χ0) is 42.7. The molecule has 0 aliphatic carbocycles. The van der Waals surface area contributed by atoms with Crippen molar-refractivity contribution in [2.75, 3.05) is 62.2 Å². The highest BCUT2D eigenvalue weighted by molar-refractivity contribution is 5.94. The third-order valence-corrected chi connectivity index (χ3v) is 9.50. The van der Waals surface area contributed by atoms with E-state index in [2.05, 4.69) is 17.0 Å². The van der Waals surface area contributed by atoms with Gasteiger partial charge in [-0.15, -0.1) is 0 Å². The van der Waals surface area contributed by atoms with Crippen LogP contribution in [0.15, 0.2) is 54.6 Å². The fourth-order valence-electron chi connectivity index (χ4n) is 6.03. The summed E-state index contributed by atoms with van der Waals surface area (Å²) in [6, 6.07) is 15.5. The Bertz CT molecular complexity index is 1860. The Morgan fingerprint density at radius 3 is 1.48 bits per heavy atom. The number of fused-ring (bicyclic) bond motifs is 3. The number of esters is 2. The number of hydrogen-bond acceptors (Lipinski definition) is 12. The summed E-state index contributed by atoms with van der Waals surface area (Å²) in [5.41, 5.74) is 5.62. The molecule has 0 saturated heterocycles. The molecule has 17 heteroatoms. The molecule has 3 N–H and O–H groups in total. The summed E-state index contributed by atoms with van der Waals surface area (Å²) in [6.45, 7) is 8.88. The zero-order valence-corrected chi connectivity index (χ0v) is 34.5. The van der Waals surface area contributed by atoms with Gasteiger partial charge in [0, 0.05) is 63.0 Å². The normalized spacial score (nSPS) is 17.9. The van der Waals surface area contributed by atoms with Gasteiger partial charge in [-0.1, -0.05) is 18.2 Å². The standard InChI is InChI=1S/C15H20N2O4.C14H19N3O4.C12H15NO3/c1-10-9-21-13-7-11(14(18)20-4)5-6-12(13)8-17(10)15(19)16(2)3;1-9-8-21-12-6-10(13(18)15-20)4-5-11(12)7-17(9)14(19)16(2)3;1-8-7-16-11-5-9(12(14)15-2)3-4-10(11)6-13-8/h5-7,10H,8-9H2,1-4H3;4-6,9,20H,7-8H2,1-3H3,(H,15,18);3-5,8,13H,6-7H2,1-2H3/t10-;9-;8-/m000/s1. The van der Waals surface area contributed by atoms with E-state index in [1.807, 2.05) is 19.9 Å². The maximum atomic E-state index is 12.2. The topological polar surface area (TPSA) is 189 Å². The van der Waals surface area contributed by atoms with Gasteiger partial charge in [-0.25, -0.2) is 24.7 Å². The largest absolute Gasteiger partial charge is 0.492 e. The van der Waals surface area contributed by atoms with Crippen LogP contribution in [-0.4, -0.2) is 135 Å². The van der Waals surface area contributed by atoms with Crippen molar-refractivity contribution in [3.05, 3.63) is 88.0 Å². The summed E-state index contributed by atoms with van der Waals surface area (Å²) in [5.74, 6) is 0.604. The van der Waals surface area contributed by atoms with Crippen molar-refractivity contribution < 1.29 is 52.9 Å². The van der Waals surface area contributed by atoms with Crippen molar-refractivity contribution in [2.45, 2.75) is 58.5 Å². The molecule has 3 aromatic rings. The fourth-order valence-corrected chi connectivity index (χ4v) is 6.03. The number of carbonyl (C=O) groups is 5. The van der Waals surface area contributed by atoms with Gasteiger partial charge in [0.2, 0.25) is 0 Å². The summed E-state index contributed by atoms with van der Waals surface area (Å²) in [5, 5.41) is 12.0. The number of methoxy groups -OCH3 is 2. The second-order valence-corrected chi connectivity index (χ2v) is 14.4. The lowest BCUT2D eigenvalue weighted by Crippen LogP contribution is -2.45. The molecule has 0 fully saturated rings. The van der Waals surface area contributed by atoms with Crippen molar-refractivity contribution in [3.63, 3.8) is 0 Å². The van der Waals surface area contributed by atoms with Crippen molar-refractivity contribution in [2.24, 2.45) is 0 Å². The Balaban J connectivity index is 0.000000194. The SMILES string of the molecule is COC(=O)c1ccc2c(c1)OC[C@H](C)N(C(=O)N(C)C)C2.COC(=O)c1ccc2c(c1)OC[C@H](C)NC2.C[C@H]1COc2cc(C(=O)NO)ccc2CN1C(=O)N(C)C. The van der Waals surface area contributed by atoms with Crippen LogP contribution in [0.2, 0.25) is 0 Å². The Labute approximate surface area is 338 Å². The molecular formula is C41H54N6O11. The third-order valence-electron chi connectivity index (χ3n) is 9.50. The summed E-state index contributed by atoms with van der Waals surface area (Å²) in [7, 11) is 9.57. The van der Waals surface area contributed by atoms with E-state index in [1.165, 1.54) is 19.1 Å². The second kappa shape index (κ2) is 20.4. The Morgan fingerprint density at radius 2 is 1.05 bits per heavy atom. The van der Waals surface area contributed by atoms with Crippen molar-refractivity contribution in [3.8, 4) is 17.2 Å². The molecule has 3 aliphatic heterocycles. The first kappa shape index (κ1) is 44.6. The van der Waals surface area contributed by atoms with Crippen LogP contribution in [0.25, 0.3) is 0 Å². The minimum Gasteiger partial charge on any atom is -0.492 e. The highest BCUT2D eigenvalue weighted by Crippen LogP contribution is 2.29. The van der Waals surface area contributed by atoms with Crippen LogP contribution in [0, 0.1) is 0 Å². The Kier molecular flexibility index (Phi) is 15.7. The summed E-state index contributed by atoms with van der Waals surface area (Å²) in [6.07, 6.45) is 0. The molecule has 3 atom stereocenters. The van der Waals surface area contributed by atoms with Gasteiger partial charge in [-0.3, -0.25) is 10.0 Å². The number of urea groups is 2. The van der Waals surface area contributed by atoms with Gasteiger partial charge in [-0.2, -0.15) is 0 Å². The van der Waals surface area contributed by atoms with E-state index in [9.17, 15) is 24.0 Å². The maximum Gasteiger partial charge on any atom is 0.337 e. The molecule has 6 rings (SSSR count). The van der Waals surface area contributed by atoms with E-state index in [1.54, 1.807) is 96.9 Å². The molecule has 0 bridgehead atoms. The lowest BCUT2D eigenvalue weighted by molar-refractivity contribution is 0.0591. The first-order valence-corrected chi connectivity index (χ1v) is 18.7. The predicted molar refractivity (Wildman–Crippen MR) is 212 cm³/mol. The zero-order valence-electron chi connectivity index (χ0n) is 34.5. The smallest absolute Gasteiger partial charge is 0.337 e. The number of amides is 5. The van der Waals surface area contributed by atoms with Gasteiger partial charge in [0.15, 0.2) is 0 Å². The van der Waals surface area contributed by atoms with Crippen LogP contribution in [0.1, 0.15) is 68.5 Å². The molecular weight excluding hydrogens is 752 g/mol. The molecule has 314 valence electrons. The average molecular weight is 807 g/mol. The number of nitrogens with one attached hydrogen (secondary N) is 2. The van der Waals surface area contributed by atoms with E-state index in [0.717, 1.165) is 29.0 Å². The van der Waals surface area contributed by atoms with Gasteiger partial charge in [0.1, 0.15) is 37.1 Å². The molecule has 17 nitrogen and oxygen atoms in total. The van der Waals surface area contributed by atoms with Crippen LogP contribution >= 0.6 is 0 Å². The van der Waals surface area contributed by atoms with E-state index >= 15 is 0 Å². The molecule has 0 spiro atoms. The van der Waals surface area contributed by atoms with E-state index < -0.39 is 11.9 Å². The van der Waals surface area contributed by atoms with Gasteiger partial charge in [0.05, 0.1) is 50.5 Å². The summed E-state index contributed by atoms with van der Waals surface area (Å²) in [4.78, 5) is 65.3. The van der Waals surface area contributed by atoms with Crippen LogP contribution in [-0.2, 0) is 29.1 Å². The molecule has 0 unspecified atom stereocenters. The molecule has 0 aromatic heterocycles. The molecule has 3 aromatic carbocycles. The lowest BCUT2D eigenvalue weighted by atomic mass is 10.1. The maximum absolute atomic E-state index is 12.2. The highest BCUT2D eigenvalue weighted by atomic mass is 16.5. The predicted octanol–water partition coefficient (Wildman–Crippen LogP) is 4.15. The van der Waals surface area contributed by atoms with Crippen LogP contribution in [0.4, 0.5) is 9.59 Å². The summed E-state index contributed by atoms with van der Waals surface area (Å²) < 4.78 is 26.4. The van der Waals surface area contributed by atoms with Crippen molar-refractivity contribution in [1.29, 1.82) is 0 Å². The number of benzene rings is 3. The number of hydrogen-bond donors (Lipinski definition) is 3. The first-order valence-electron chi connectivity index (χ1n) is 18.7. The number of nitrogens with zero attached hydrogens (tertiary/aromatic N) is 4. The fraction of sp³-hybridized carbons (Fsp3) is 0.439. The third kappa shape index (κ3) is 11.3. The first-order chi connectivity index (χ1) is 27.6. The molecule has 0 saturated carbocycles. The van der Waals surface area contributed by atoms with E-state index in [4.69, 9.17) is 24.2 Å². The number of rotatable bonds is 3. The van der Waals surface area contributed by atoms with E-state index in [0.29, 0.717) is 67.1 Å². The Hall–Kier alpha value is -6.07. The average Bonchev–Trinajstić information content (AvgIpc) is 3.61. The molecule has 58 heavy (non-hydrogen) atoms. The van der Waals surface area contributed by atoms with Crippen molar-refractivity contribution >= 4 is 29.9 Å². The van der Waals surface area contributed by atoms with Gasteiger partial charge < -0.3 is 48.6 Å². The number of hydroxylamine groups is 1. The monoisotopic (exact) mass is 806 g/mol. The minimum atomic E-state index is -0.597. The molecule has 0 radical (unpaired) electrons. The van der Waals surface area contributed by atoms with Gasteiger partial charge >= 0.3 is 24.0 Å². The lowest BCUT2D eigenvalue weighted by Gasteiger charge is -2.29. The second-order valence-electron chi connectivity index (χ2n) is 14.4. The minimum absolute atomic E-state index is 0.0473. The van der Waals surface area contributed by atoms with E-state index in [-0.39, 0.29) is 30.1 Å². The van der Waals surface area contributed by atoms with Crippen LogP contribution in [0.5, 0.6) is 17.2 Å². The van der Waals surface area contributed by atoms with Gasteiger partial charge in [-0.05, 0) is 57.2 Å². The van der Waals surface area contributed by atoms with Gasteiger partial charge in [0.25, 0.3) is 5.91 Å². The van der Waals surface area contributed by atoms with Crippen molar-refractivity contribution in [1.82, 2.24) is 30.4 Å². The summed E-state index contributed by atoms with van der Waals surface area (Å²) >= 11 is 0. The molecule has 3 heterocycles. The highest BCUT2D eigenvalue weighted by Gasteiger charge is 2.29.